The van der Waals surface area contributed by atoms with E-state index in [1.807, 2.05) is 18.2 Å². The highest BCUT2D eigenvalue weighted by atomic mass is 32.1. The van der Waals surface area contributed by atoms with Crippen LogP contribution in [0, 0.1) is 5.92 Å². The highest BCUT2D eigenvalue weighted by Gasteiger charge is 2.13. The summed E-state index contributed by atoms with van der Waals surface area (Å²) in [6, 6.07) is 6.03. The number of nitrogens with one attached hydrogen (secondary N) is 1. The topological polar surface area (TPSA) is 43.4 Å². The molecule has 1 aromatic carbocycles. The lowest BCUT2D eigenvalue weighted by atomic mass is 10.1. The van der Waals surface area contributed by atoms with Crippen LogP contribution in [0.25, 0.3) is 11.3 Å². The predicted octanol–water partition coefficient (Wildman–Crippen LogP) is 3.37. The number of benzene rings is 1. The van der Waals surface area contributed by atoms with Crippen molar-refractivity contribution in [3.63, 3.8) is 0 Å². The molecule has 4 nitrogen and oxygen atoms in total. The van der Waals surface area contributed by atoms with E-state index in [2.05, 4.69) is 24.5 Å². The molecule has 0 unspecified atom stereocenters. The Kier molecular flexibility index (Phi) is 4.95. The number of fused-ring (bicyclic) bond motifs is 1. The summed E-state index contributed by atoms with van der Waals surface area (Å²) in [5.74, 6) is 2.32. The summed E-state index contributed by atoms with van der Waals surface area (Å²) in [5, 5.41) is 6.74. The van der Waals surface area contributed by atoms with Crippen LogP contribution in [0.15, 0.2) is 23.6 Å². The van der Waals surface area contributed by atoms with E-state index in [-0.39, 0.29) is 0 Å². The first-order chi connectivity index (χ1) is 10.7. The van der Waals surface area contributed by atoms with Gasteiger partial charge in [0.05, 0.1) is 10.7 Å². The standard InChI is InChI=1S/C17H22N2O2S/c1-12(2)10-18-6-5-17-19-14(11-22-17)13-3-4-15-16(9-13)21-8-7-20-15/h3-4,9,11-12,18H,5-8,10H2,1-2H3. The molecule has 1 aromatic heterocycles. The van der Waals surface area contributed by atoms with Crippen LogP contribution < -0.4 is 14.8 Å². The summed E-state index contributed by atoms with van der Waals surface area (Å²) in [5.41, 5.74) is 2.10. The third-order valence-corrected chi connectivity index (χ3v) is 4.37. The molecule has 0 fully saturated rings. The van der Waals surface area contributed by atoms with Crippen molar-refractivity contribution in [1.29, 1.82) is 0 Å². The Morgan fingerprint density at radius 1 is 1.23 bits per heavy atom. The molecule has 22 heavy (non-hydrogen) atoms. The molecule has 0 amide bonds. The van der Waals surface area contributed by atoms with Crippen LogP contribution >= 0.6 is 11.3 Å². The van der Waals surface area contributed by atoms with Gasteiger partial charge in [-0.05, 0) is 30.7 Å². The third-order valence-electron chi connectivity index (χ3n) is 3.46. The van der Waals surface area contributed by atoms with Crippen LogP contribution in [0.4, 0.5) is 0 Å². The van der Waals surface area contributed by atoms with E-state index in [0.29, 0.717) is 19.1 Å². The average molecular weight is 318 g/mol. The number of aromatic nitrogens is 1. The van der Waals surface area contributed by atoms with Crippen molar-refractivity contribution in [2.75, 3.05) is 26.3 Å². The first-order valence-electron chi connectivity index (χ1n) is 7.77. The molecule has 0 saturated heterocycles. The Hall–Kier alpha value is -1.59. The van der Waals surface area contributed by atoms with Crippen molar-refractivity contribution >= 4 is 11.3 Å². The Bertz CT molecular complexity index is 625. The molecule has 2 aromatic rings. The van der Waals surface area contributed by atoms with E-state index in [1.54, 1.807) is 11.3 Å². The summed E-state index contributed by atoms with van der Waals surface area (Å²) in [6.45, 7) is 7.70. The molecular weight excluding hydrogens is 296 g/mol. The van der Waals surface area contributed by atoms with E-state index >= 15 is 0 Å². The first kappa shape index (κ1) is 15.3. The molecule has 118 valence electrons. The second-order valence-electron chi connectivity index (χ2n) is 5.83. The molecule has 1 N–H and O–H groups in total. The van der Waals surface area contributed by atoms with Gasteiger partial charge in [-0.1, -0.05) is 13.8 Å². The molecule has 0 atom stereocenters. The quantitative estimate of drug-likeness (QED) is 0.829. The van der Waals surface area contributed by atoms with Gasteiger partial charge in [0.1, 0.15) is 13.2 Å². The van der Waals surface area contributed by atoms with E-state index in [9.17, 15) is 0 Å². The number of hydrogen-bond acceptors (Lipinski definition) is 5. The molecule has 3 rings (SSSR count). The molecule has 0 aliphatic carbocycles. The van der Waals surface area contributed by atoms with Gasteiger partial charge in [-0.25, -0.2) is 4.98 Å². The lowest BCUT2D eigenvalue weighted by molar-refractivity contribution is 0.171. The molecule has 0 bridgehead atoms. The number of ether oxygens (including phenoxy) is 2. The SMILES string of the molecule is CC(C)CNCCc1nc(-c2ccc3c(c2)OCCO3)cs1. The Labute approximate surface area is 135 Å². The first-order valence-corrected chi connectivity index (χ1v) is 8.65. The van der Waals surface area contributed by atoms with Crippen molar-refractivity contribution in [3.8, 4) is 22.8 Å². The van der Waals surface area contributed by atoms with Gasteiger partial charge in [0.2, 0.25) is 0 Å². The Morgan fingerprint density at radius 2 is 2.05 bits per heavy atom. The van der Waals surface area contributed by atoms with Crippen LogP contribution in [0.2, 0.25) is 0 Å². The van der Waals surface area contributed by atoms with Gasteiger partial charge in [-0.2, -0.15) is 0 Å². The van der Waals surface area contributed by atoms with Gasteiger partial charge in [0, 0.05) is 23.9 Å². The van der Waals surface area contributed by atoms with Crippen LogP contribution in [0.5, 0.6) is 11.5 Å². The summed E-state index contributed by atoms with van der Waals surface area (Å²) < 4.78 is 11.2. The minimum atomic E-state index is 0.611. The minimum absolute atomic E-state index is 0.611. The second-order valence-corrected chi connectivity index (χ2v) is 6.78. The molecule has 0 saturated carbocycles. The van der Waals surface area contributed by atoms with Crippen molar-refractivity contribution in [1.82, 2.24) is 10.3 Å². The van der Waals surface area contributed by atoms with Gasteiger partial charge in [-0.3, -0.25) is 0 Å². The number of rotatable bonds is 6. The second kappa shape index (κ2) is 7.11. The molecule has 0 radical (unpaired) electrons. The fraction of sp³-hybridized carbons (Fsp3) is 0.471. The zero-order valence-corrected chi connectivity index (χ0v) is 13.9. The highest BCUT2D eigenvalue weighted by Crippen LogP contribution is 2.34. The summed E-state index contributed by atoms with van der Waals surface area (Å²) in [6.07, 6.45) is 0.974. The Morgan fingerprint density at radius 3 is 2.86 bits per heavy atom. The molecule has 2 heterocycles. The van der Waals surface area contributed by atoms with E-state index in [4.69, 9.17) is 14.5 Å². The zero-order valence-electron chi connectivity index (χ0n) is 13.1. The van der Waals surface area contributed by atoms with Gasteiger partial charge in [0.15, 0.2) is 11.5 Å². The fourth-order valence-corrected chi connectivity index (χ4v) is 3.15. The van der Waals surface area contributed by atoms with Crippen LogP contribution in [0.1, 0.15) is 18.9 Å². The van der Waals surface area contributed by atoms with Gasteiger partial charge in [0.25, 0.3) is 0 Å². The fourth-order valence-electron chi connectivity index (χ4n) is 2.35. The number of thiazole rings is 1. The van der Waals surface area contributed by atoms with Crippen molar-refractivity contribution in [3.05, 3.63) is 28.6 Å². The molecular formula is C17H22N2O2S. The van der Waals surface area contributed by atoms with Gasteiger partial charge < -0.3 is 14.8 Å². The third kappa shape index (κ3) is 3.78. The maximum atomic E-state index is 5.63. The van der Waals surface area contributed by atoms with Crippen LogP contribution in [-0.2, 0) is 6.42 Å². The van der Waals surface area contributed by atoms with Gasteiger partial charge >= 0.3 is 0 Å². The average Bonchev–Trinajstić information content (AvgIpc) is 3.00. The normalized spacial score (nSPS) is 13.6. The molecule has 1 aliphatic heterocycles. The molecule has 5 heteroatoms. The minimum Gasteiger partial charge on any atom is -0.486 e. The maximum Gasteiger partial charge on any atom is 0.162 e. The van der Waals surface area contributed by atoms with E-state index in [1.165, 1.54) is 5.01 Å². The van der Waals surface area contributed by atoms with Crippen molar-refractivity contribution < 1.29 is 9.47 Å². The summed E-state index contributed by atoms with van der Waals surface area (Å²) in [7, 11) is 0. The van der Waals surface area contributed by atoms with Gasteiger partial charge in [-0.15, -0.1) is 11.3 Å². The summed E-state index contributed by atoms with van der Waals surface area (Å²) in [4.78, 5) is 4.73. The highest BCUT2D eigenvalue weighted by molar-refractivity contribution is 7.09. The van der Waals surface area contributed by atoms with Crippen molar-refractivity contribution in [2.45, 2.75) is 20.3 Å². The summed E-state index contributed by atoms with van der Waals surface area (Å²) >= 11 is 1.72. The number of nitrogens with zero attached hydrogens (tertiary/aromatic N) is 1. The van der Waals surface area contributed by atoms with Crippen molar-refractivity contribution in [2.24, 2.45) is 5.92 Å². The van der Waals surface area contributed by atoms with E-state index in [0.717, 1.165) is 42.3 Å². The lowest BCUT2D eigenvalue weighted by Gasteiger charge is -2.18. The smallest absolute Gasteiger partial charge is 0.162 e. The zero-order chi connectivity index (χ0) is 15.4. The monoisotopic (exact) mass is 318 g/mol. The van der Waals surface area contributed by atoms with Crippen LogP contribution in [-0.4, -0.2) is 31.3 Å². The van der Waals surface area contributed by atoms with Crippen LogP contribution in [0.3, 0.4) is 0 Å². The molecule has 0 spiro atoms. The van der Waals surface area contributed by atoms with E-state index < -0.39 is 0 Å². The maximum absolute atomic E-state index is 5.63. The molecule has 1 aliphatic rings. The largest absolute Gasteiger partial charge is 0.486 e. The lowest BCUT2D eigenvalue weighted by Crippen LogP contribution is -2.22. The Balaban J connectivity index is 1.63. The number of hydrogen-bond donors (Lipinski definition) is 1. The predicted molar refractivity (Wildman–Crippen MR) is 90.0 cm³/mol.